The van der Waals surface area contributed by atoms with Gasteiger partial charge in [-0.3, -0.25) is 0 Å². The number of fused-ring (bicyclic) bond motifs is 1. The van der Waals surface area contributed by atoms with Crippen molar-refractivity contribution in [3.8, 4) is 0 Å². The van der Waals surface area contributed by atoms with E-state index in [0.29, 0.717) is 6.04 Å². The van der Waals surface area contributed by atoms with Crippen molar-refractivity contribution in [2.45, 2.75) is 38.3 Å². The van der Waals surface area contributed by atoms with Crippen LogP contribution in [0, 0.1) is 0 Å². The Morgan fingerprint density at radius 1 is 1.24 bits per heavy atom. The van der Waals surface area contributed by atoms with E-state index in [4.69, 9.17) is 0 Å². The maximum Gasteiger partial charge on any atom is 0.0958 e. The van der Waals surface area contributed by atoms with Gasteiger partial charge in [0.15, 0.2) is 0 Å². The molecule has 1 N–H and O–H groups in total. The van der Waals surface area contributed by atoms with E-state index in [-0.39, 0.29) is 0 Å². The van der Waals surface area contributed by atoms with Crippen LogP contribution < -0.4 is 5.32 Å². The fraction of sp³-hybridized carbons (Fsp3) is 0.500. The Hall–Kier alpha value is -1.35. The summed E-state index contributed by atoms with van der Waals surface area (Å²) < 4.78 is 2.28. The van der Waals surface area contributed by atoms with E-state index >= 15 is 0 Å². The van der Waals surface area contributed by atoms with Crippen LogP contribution in [0.15, 0.2) is 30.6 Å². The minimum atomic E-state index is 0.607. The molecule has 0 spiro atoms. The van der Waals surface area contributed by atoms with Crippen LogP contribution in [0.3, 0.4) is 0 Å². The lowest BCUT2D eigenvalue weighted by atomic mass is 10.1. The Morgan fingerprint density at radius 2 is 2.18 bits per heavy atom. The second kappa shape index (κ2) is 4.88. The van der Waals surface area contributed by atoms with Crippen LogP contribution in [0.4, 0.5) is 0 Å². The maximum atomic E-state index is 4.44. The van der Waals surface area contributed by atoms with Crippen LogP contribution in [0.2, 0.25) is 0 Å². The highest BCUT2D eigenvalue weighted by Gasteiger charge is 2.12. The first kappa shape index (κ1) is 10.8. The number of imidazole rings is 1. The SMILES string of the molecule is c1ccc2c(c1)ncn2CC1CCCCCN1. The van der Waals surface area contributed by atoms with Gasteiger partial charge < -0.3 is 9.88 Å². The molecule has 1 aromatic heterocycles. The van der Waals surface area contributed by atoms with E-state index in [1.807, 2.05) is 12.4 Å². The third kappa shape index (κ3) is 2.34. The highest BCUT2D eigenvalue weighted by Crippen LogP contribution is 2.15. The van der Waals surface area contributed by atoms with E-state index in [1.54, 1.807) is 0 Å². The monoisotopic (exact) mass is 229 g/mol. The fourth-order valence-corrected chi connectivity index (χ4v) is 2.65. The number of nitrogens with one attached hydrogen (secondary N) is 1. The zero-order valence-corrected chi connectivity index (χ0v) is 10.1. The largest absolute Gasteiger partial charge is 0.329 e. The summed E-state index contributed by atoms with van der Waals surface area (Å²) in [4.78, 5) is 4.44. The third-order valence-corrected chi connectivity index (χ3v) is 3.61. The maximum absolute atomic E-state index is 4.44. The van der Waals surface area contributed by atoms with Gasteiger partial charge in [-0.1, -0.05) is 25.0 Å². The molecule has 3 rings (SSSR count). The van der Waals surface area contributed by atoms with Crippen molar-refractivity contribution in [1.29, 1.82) is 0 Å². The minimum absolute atomic E-state index is 0.607. The summed E-state index contributed by atoms with van der Waals surface area (Å²) in [5.74, 6) is 0. The summed E-state index contributed by atoms with van der Waals surface area (Å²) in [6.07, 6.45) is 7.30. The zero-order valence-electron chi connectivity index (χ0n) is 10.1. The number of aromatic nitrogens is 2. The van der Waals surface area contributed by atoms with Crippen molar-refractivity contribution in [1.82, 2.24) is 14.9 Å². The average Bonchev–Trinajstić information content (AvgIpc) is 2.59. The lowest BCUT2D eigenvalue weighted by molar-refractivity contribution is 0.449. The molecule has 1 aliphatic rings. The molecular formula is C14H19N3. The van der Waals surface area contributed by atoms with Gasteiger partial charge in [-0.15, -0.1) is 0 Å². The standard InChI is InChI=1S/C14H19N3/c1-2-6-12(15-9-5-1)10-17-11-16-13-7-3-4-8-14(13)17/h3-4,7-8,11-12,15H,1-2,5-6,9-10H2. The average molecular weight is 229 g/mol. The Balaban J connectivity index is 1.79. The molecule has 0 bridgehead atoms. The Morgan fingerprint density at radius 3 is 3.18 bits per heavy atom. The Bertz CT molecular complexity index is 481. The van der Waals surface area contributed by atoms with Gasteiger partial charge >= 0.3 is 0 Å². The summed E-state index contributed by atoms with van der Waals surface area (Å²) in [7, 11) is 0. The van der Waals surface area contributed by atoms with Crippen LogP contribution in [-0.2, 0) is 6.54 Å². The number of hydrogen-bond acceptors (Lipinski definition) is 2. The lowest BCUT2D eigenvalue weighted by Crippen LogP contribution is -2.32. The van der Waals surface area contributed by atoms with Crippen LogP contribution in [0.25, 0.3) is 11.0 Å². The Labute approximate surface area is 102 Å². The molecule has 1 aromatic carbocycles. The molecule has 1 atom stereocenters. The normalized spacial score (nSPS) is 21.5. The van der Waals surface area contributed by atoms with Crippen LogP contribution in [-0.4, -0.2) is 22.1 Å². The molecule has 17 heavy (non-hydrogen) atoms. The first-order valence-electron chi connectivity index (χ1n) is 6.57. The molecule has 3 heteroatoms. The predicted octanol–water partition coefficient (Wildman–Crippen LogP) is 2.57. The molecule has 0 aliphatic carbocycles. The molecule has 0 radical (unpaired) electrons. The summed E-state index contributed by atoms with van der Waals surface area (Å²) in [5, 5.41) is 3.64. The number of benzene rings is 1. The van der Waals surface area contributed by atoms with Crippen LogP contribution >= 0.6 is 0 Å². The Kier molecular flexibility index (Phi) is 3.10. The fourth-order valence-electron chi connectivity index (χ4n) is 2.65. The van der Waals surface area contributed by atoms with Gasteiger partial charge in [-0.05, 0) is 31.5 Å². The molecule has 0 amide bonds. The predicted molar refractivity (Wildman–Crippen MR) is 70.0 cm³/mol. The summed E-state index contributed by atoms with van der Waals surface area (Å²) >= 11 is 0. The summed E-state index contributed by atoms with van der Waals surface area (Å²) in [6, 6.07) is 8.96. The van der Waals surface area contributed by atoms with Gasteiger partial charge in [0.05, 0.1) is 17.4 Å². The van der Waals surface area contributed by atoms with E-state index in [0.717, 1.165) is 18.6 Å². The minimum Gasteiger partial charge on any atom is -0.329 e. The quantitative estimate of drug-likeness (QED) is 0.857. The smallest absolute Gasteiger partial charge is 0.0958 e. The third-order valence-electron chi connectivity index (χ3n) is 3.61. The number of rotatable bonds is 2. The van der Waals surface area contributed by atoms with E-state index in [1.165, 1.54) is 31.2 Å². The molecular weight excluding hydrogens is 210 g/mol. The first-order valence-corrected chi connectivity index (χ1v) is 6.57. The van der Waals surface area contributed by atoms with Crippen LogP contribution in [0.5, 0.6) is 0 Å². The molecule has 1 unspecified atom stereocenters. The second-order valence-electron chi connectivity index (χ2n) is 4.89. The molecule has 1 fully saturated rings. The van der Waals surface area contributed by atoms with Crippen molar-refractivity contribution >= 4 is 11.0 Å². The number of nitrogens with zero attached hydrogens (tertiary/aromatic N) is 2. The molecule has 1 aliphatic heterocycles. The molecule has 90 valence electrons. The number of para-hydroxylation sites is 2. The van der Waals surface area contributed by atoms with Gasteiger partial charge in [0.1, 0.15) is 0 Å². The highest BCUT2D eigenvalue weighted by atomic mass is 15.1. The topological polar surface area (TPSA) is 29.9 Å². The summed E-state index contributed by atoms with van der Waals surface area (Å²) in [5.41, 5.74) is 2.35. The van der Waals surface area contributed by atoms with E-state index in [9.17, 15) is 0 Å². The van der Waals surface area contributed by atoms with Crippen molar-refractivity contribution < 1.29 is 0 Å². The highest BCUT2D eigenvalue weighted by molar-refractivity contribution is 5.74. The first-order chi connectivity index (χ1) is 8.43. The van der Waals surface area contributed by atoms with Crippen molar-refractivity contribution in [3.05, 3.63) is 30.6 Å². The van der Waals surface area contributed by atoms with Gasteiger partial charge in [0, 0.05) is 12.6 Å². The zero-order chi connectivity index (χ0) is 11.5. The van der Waals surface area contributed by atoms with Gasteiger partial charge in [0.25, 0.3) is 0 Å². The number of hydrogen-bond donors (Lipinski definition) is 1. The molecule has 2 heterocycles. The molecule has 3 nitrogen and oxygen atoms in total. The second-order valence-corrected chi connectivity index (χ2v) is 4.89. The van der Waals surface area contributed by atoms with Crippen molar-refractivity contribution in [2.75, 3.05) is 6.54 Å². The lowest BCUT2D eigenvalue weighted by Gasteiger charge is -2.16. The van der Waals surface area contributed by atoms with Gasteiger partial charge in [-0.2, -0.15) is 0 Å². The van der Waals surface area contributed by atoms with E-state index in [2.05, 4.69) is 33.1 Å². The van der Waals surface area contributed by atoms with Gasteiger partial charge in [-0.25, -0.2) is 4.98 Å². The van der Waals surface area contributed by atoms with Crippen molar-refractivity contribution in [2.24, 2.45) is 0 Å². The van der Waals surface area contributed by atoms with E-state index < -0.39 is 0 Å². The molecule has 1 saturated heterocycles. The van der Waals surface area contributed by atoms with Gasteiger partial charge in [0.2, 0.25) is 0 Å². The summed E-state index contributed by atoms with van der Waals surface area (Å²) in [6.45, 7) is 2.21. The van der Waals surface area contributed by atoms with Crippen LogP contribution in [0.1, 0.15) is 25.7 Å². The molecule has 2 aromatic rings. The van der Waals surface area contributed by atoms with Crippen molar-refractivity contribution in [3.63, 3.8) is 0 Å². The molecule has 0 saturated carbocycles.